The number of hydrogen-bond donors (Lipinski definition) is 0. The number of likely N-dealkylation sites (N-methyl/N-ethyl adjacent to an activating group) is 1. The van der Waals surface area contributed by atoms with E-state index in [-0.39, 0.29) is 12.3 Å². The van der Waals surface area contributed by atoms with Crippen LogP contribution in [0.3, 0.4) is 0 Å². The van der Waals surface area contributed by atoms with Crippen LogP contribution >= 0.6 is 0 Å². The van der Waals surface area contributed by atoms with Gasteiger partial charge in [-0.3, -0.25) is 9.78 Å². The van der Waals surface area contributed by atoms with Crippen molar-refractivity contribution in [2.24, 2.45) is 0 Å². The minimum absolute atomic E-state index is 0.0829. The highest BCUT2D eigenvalue weighted by Gasteiger charge is 2.15. The molecule has 0 aromatic carbocycles. The molecule has 7 nitrogen and oxygen atoms in total. The van der Waals surface area contributed by atoms with Crippen LogP contribution in [-0.4, -0.2) is 33.2 Å². The molecule has 3 aromatic heterocycles. The monoisotopic (exact) mass is 312 g/mol. The third-order valence-electron chi connectivity index (χ3n) is 3.34. The maximum atomic E-state index is 12.2. The normalized spacial score (nSPS) is 10.7. The van der Waals surface area contributed by atoms with Crippen LogP contribution in [0.25, 0.3) is 11.3 Å². The zero-order valence-electron chi connectivity index (χ0n) is 12.9. The minimum atomic E-state index is -0.0829. The summed E-state index contributed by atoms with van der Waals surface area (Å²) < 4.78 is 10.3. The molecule has 0 spiro atoms. The van der Waals surface area contributed by atoms with Crippen molar-refractivity contribution in [1.29, 1.82) is 0 Å². The Balaban J connectivity index is 1.62. The molecule has 0 aliphatic heterocycles. The summed E-state index contributed by atoms with van der Waals surface area (Å²) >= 11 is 0. The number of pyridine rings is 1. The fraction of sp³-hybridized carbons (Fsp3) is 0.250. The zero-order valence-corrected chi connectivity index (χ0v) is 12.9. The minimum Gasteiger partial charge on any atom is -0.361 e. The predicted octanol–water partition coefficient (Wildman–Crippen LogP) is 2.23. The van der Waals surface area contributed by atoms with Crippen molar-refractivity contribution in [1.82, 2.24) is 20.2 Å². The average molecular weight is 312 g/mol. The maximum Gasteiger partial charge on any atom is 0.230 e. The molecule has 0 N–H and O–H groups in total. The Hall–Kier alpha value is -2.96. The van der Waals surface area contributed by atoms with Crippen LogP contribution in [0.1, 0.15) is 17.2 Å². The third kappa shape index (κ3) is 3.63. The molecule has 3 heterocycles. The van der Waals surface area contributed by atoms with E-state index in [1.165, 1.54) is 0 Å². The lowest BCUT2D eigenvalue weighted by Gasteiger charge is -2.13. The van der Waals surface area contributed by atoms with Crippen molar-refractivity contribution in [2.75, 3.05) is 7.05 Å². The summed E-state index contributed by atoms with van der Waals surface area (Å²) in [6.45, 7) is 2.15. The van der Waals surface area contributed by atoms with Crippen molar-refractivity contribution in [3.05, 3.63) is 53.9 Å². The highest BCUT2D eigenvalue weighted by Crippen LogP contribution is 2.18. The van der Waals surface area contributed by atoms with Crippen LogP contribution < -0.4 is 0 Å². The summed E-state index contributed by atoms with van der Waals surface area (Å²) in [6.07, 6.45) is 3.58. The van der Waals surface area contributed by atoms with Gasteiger partial charge in [0.05, 0.1) is 18.7 Å². The van der Waals surface area contributed by atoms with Gasteiger partial charge in [-0.05, 0) is 19.1 Å². The third-order valence-corrected chi connectivity index (χ3v) is 3.34. The first kappa shape index (κ1) is 15.0. The molecule has 0 saturated heterocycles. The number of rotatable bonds is 5. The first-order valence-electron chi connectivity index (χ1n) is 7.14. The van der Waals surface area contributed by atoms with Gasteiger partial charge in [-0.2, -0.15) is 0 Å². The second kappa shape index (κ2) is 6.43. The standard InChI is InChI=1S/C16H16N4O3/c1-11-6-13(22-18-11)8-16(21)20(2)10-14-7-15(19-23-14)12-4-3-5-17-9-12/h3-7,9H,8,10H2,1-2H3. The molecular weight excluding hydrogens is 296 g/mol. The SMILES string of the molecule is Cc1cc(CC(=O)N(C)Cc2cc(-c3cccnc3)no2)on1. The predicted molar refractivity (Wildman–Crippen MR) is 81.2 cm³/mol. The highest BCUT2D eigenvalue weighted by molar-refractivity contribution is 5.77. The summed E-state index contributed by atoms with van der Waals surface area (Å²) in [5, 5.41) is 7.77. The Morgan fingerprint density at radius 2 is 2.04 bits per heavy atom. The fourth-order valence-electron chi connectivity index (χ4n) is 2.14. The Labute approximate surface area is 132 Å². The summed E-state index contributed by atoms with van der Waals surface area (Å²) in [6, 6.07) is 7.29. The topological polar surface area (TPSA) is 85.3 Å². The quantitative estimate of drug-likeness (QED) is 0.718. The molecule has 1 amide bonds. The van der Waals surface area contributed by atoms with Crippen molar-refractivity contribution < 1.29 is 13.8 Å². The number of carbonyl (C=O) groups is 1. The van der Waals surface area contributed by atoms with Crippen LogP contribution in [0, 0.1) is 6.92 Å². The number of hydrogen-bond acceptors (Lipinski definition) is 6. The van der Waals surface area contributed by atoms with Crippen molar-refractivity contribution >= 4 is 5.91 Å². The van der Waals surface area contributed by atoms with E-state index in [1.54, 1.807) is 36.5 Å². The molecule has 23 heavy (non-hydrogen) atoms. The highest BCUT2D eigenvalue weighted by atomic mass is 16.5. The number of aromatic nitrogens is 3. The van der Waals surface area contributed by atoms with Crippen LogP contribution in [-0.2, 0) is 17.8 Å². The molecule has 0 fully saturated rings. The molecular formula is C16H16N4O3. The van der Waals surface area contributed by atoms with E-state index < -0.39 is 0 Å². The van der Waals surface area contributed by atoms with E-state index in [2.05, 4.69) is 15.3 Å². The maximum absolute atomic E-state index is 12.2. The summed E-state index contributed by atoms with van der Waals surface area (Å²) in [5.41, 5.74) is 2.32. The largest absolute Gasteiger partial charge is 0.361 e. The van der Waals surface area contributed by atoms with Crippen LogP contribution in [0.15, 0.2) is 45.7 Å². The van der Waals surface area contributed by atoms with Crippen LogP contribution in [0.5, 0.6) is 0 Å². The van der Waals surface area contributed by atoms with Gasteiger partial charge in [0, 0.05) is 37.1 Å². The Bertz CT molecular complexity index is 795. The van der Waals surface area contributed by atoms with Gasteiger partial charge in [0.25, 0.3) is 0 Å². The lowest BCUT2D eigenvalue weighted by Crippen LogP contribution is -2.27. The molecule has 0 aliphatic rings. The summed E-state index contributed by atoms with van der Waals surface area (Å²) in [5.74, 6) is 1.07. The van der Waals surface area contributed by atoms with Gasteiger partial charge < -0.3 is 13.9 Å². The Morgan fingerprint density at radius 3 is 2.74 bits per heavy atom. The number of nitrogens with zero attached hydrogens (tertiary/aromatic N) is 4. The zero-order chi connectivity index (χ0) is 16.2. The van der Waals surface area contributed by atoms with Gasteiger partial charge in [0.15, 0.2) is 5.76 Å². The van der Waals surface area contributed by atoms with Crippen molar-refractivity contribution in [3.63, 3.8) is 0 Å². The van der Waals surface area contributed by atoms with Gasteiger partial charge in [0.1, 0.15) is 11.5 Å². The van der Waals surface area contributed by atoms with E-state index in [9.17, 15) is 4.79 Å². The molecule has 3 rings (SSSR count). The molecule has 0 saturated carbocycles. The fourth-order valence-corrected chi connectivity index (χ4v) is 2.14. The molecule has 3 aromatic rings. The molecule has 0 atom stereocenters. The van der Waals surface area contributed by atoms with Gasteiger partial charge >= 0.3 is 0 Å². The van der Waals surface area contributed by atoms with E-state index in [0.717, 1.165) is 11.3 Å². The second-order valence-corrected chi connectivity index (χ2v) is 5.28. The van der Waals surface area contributed by atoms with E-state index in [1.807, 2.05) is 19.1 Å². The molecule has 118 valence electrons. The van der Waals surface area contributed by atoms with Gasteiger partial charge in [0.2, 0.25) is 5.91 Å². The van der Waals surface area contributed by atoms with Crippen molar-refractivity contribution in [2.45, 2.75) is 19.9 Å². The number of amides is 1. The average Bonchev–Trinajstić information content (AvgIpc) is 3.17. The Kier molecular flexibility index (Phi) is 4.18. The lowest BCUT2D eigenvalue weighted by molar-refractivity contribution is -0.130. The first-order valence-corrected chi connectivity index (χ1v) is 7.14. The van der Waals surface area contributed by atoms with Crippen LogP contribution in [0.2, 0.25) is 0 Å². The molecule has 7 heteroatoms. The van der Waals surface area contributed by atoms with E-state index in [4.69, 9.17) is 9.05 Å². The van der Waals surface area contributed by atoms with Gasteiger partial charge in [-0.15, -0.1) is 0 Å². The van der Waals surface area contributed by atoms with E-state index >= 15 is 0 Å². The summed E-state index contributed by atoms with van der Waals surface area (Å²) in [7, 11) is 1.71. The summed E-state index contributed by atoms with van der Waals surface area (Å²) in [4.78, 5) is 17.8. The van der Waals surface area contributed by atoms with E-state index in [0.29, 0.717) is 23.8 Å². The molecule has 0 aliphatic carbocycles. The Morgan fingerprint density at radius 1 is 1.22 bits per heavy atom. The first-order chi connectivity index (χ1) is 11.1. The molecule has 0 unspecified atom stereocenters. The molecule has 0 radical (unpaired) electrons. The van der Waals surface area contributed by atoms with Crippen LogP contribution in [0.4, 0.5) is 0 Å². The smallest absolute Gasteiger partial charge is 0.230 e. The second-order valence-electron chi connectivity index (χ2n) is 5.28. The number of aryl methyl sites for hydroxylation is 1. The molecule has 0 bridgehead atoms. The van der Waals surface area contributed by atoms with Gasteiger partial charge in [-0.1, -0.05) is 10.3 Å². The lowest BCUT2D eigenvalue weighted by atomic mass is 10.2. The number of carbonyl (C=O) groups excluding carboxylic acids is 1. The van der Waals surface area contributed by atoms with Gasteiger partial charge in [-0.25, -0.2) is 0 Å². The van der Waals surface area contributed by atoms with Crippen molar-refractivity contribution in [3.8, 4) is 11.3 Å².